The number of carbonyl (C=O) groups is 3. The molecule has 0 saturated heterocycles. The van der Waals surface area contributed by atoms with Gasteiger partial charge in [-0.1, -0.05) is 37.5 Å². The molecule has 0 saturated carbocycles. The summed E-state index contributed by atoms with van der Waals surface area (Å²) >= 11 is 0. The Morgan fingerprint density at radius 1 is 1.21 bits per heavy atom. The molecule has 0 radical (unpaired) electrons. The lowest BCUT2D eigenvalue weighted by molar-refractivity contribution is -0.130. The first kappa shape index (κ1) is 26.8. The van der Waals surface area contributed by atoms with Gasteiger partial charge in [0.2, 0.25) is 11.8 Å². The molecule has 3 aromatic rings. The van der Waals surface area contributed by atoms with Gasteiger partial charge in [-0.3, -0.25) is 19.5 Å². The molecule has 2 aromatic carbocycles. The SMILES string of the molecule is C#CCN(CC(C)C)C(=O)Cc1cc(C2NC(=O)CC(C)=C2C(=O)Cc2ccc3[nH]ncc3c2)ccc1F. The van der Waals surface area contributed by atoms with E-state index in [4.69, 9.17) is 6.42 Å². The van der Waals surface area contributed by atoms with Crippen LogP contribution in [0.4, 0.5) is 4.39 Å². The van der Waals surface area contributed by atoms with Crippen molar-refractivity contribution in [3.63, 3.8) is 0 Å². The molecule has 1 aromatic heterocycles. The molecule has 2 N–H and O–H groups in total. The lowest BCUT2D eigenvalue weighted by Crippen LogP contribution is -2.37. The number of halogens is 1. The van der Waals surface area contributed by atoms with Crippen LogP contribution in [0.25, 0.3) is 10.9 Å². The fourth-order valence-electron chi connectivity index (χ4n) is 4.89. The summed E-state index contributed by atoms with van der Waals surface area (Å²) in [6.07, 6.45) is 7.21. The maximum Gasteiger partial charge on any atom is 0.227 e. The normalized spacial score (nSPS) is 15.5. The third-order valence-electron chi connectivity index (χ3n) is 6.61. The van der Waals surface area contributed by atoms with Crippen molar-refractivity contribution in [2.45, 2.75) is 46.1 Å². The molecule has 1 atom stereocenters. The molecule has 38 heavy (non-hydrogen) atoms. The highest BCUT2D eigenvalue weighted by Gasteiger charge is 2.31. The molecule has 2 amide bonds. The average Bonchev–Trinajstić information content (AvgIpc) is 3.32. The van der Waals surface area contributed by atoms with Crippen LogP contribution in [0.3, 0.4) is 0 Å². The zero-order valence-electron chi connectivity index (χ0n) is 21.8. The van der Waals surface area contributed by atoms with Crippen LogP contribution in [-0.2, 0) is 27.2 Å². The van der Waals surface area contributed by atoms with Crippen molar-refractivity contribution >= 4 is 28.5 Å². The molecule has 1 aliphatic heterocycles. The summed E-state index contributed by atoms with van der Waals surface area (Å²) in [6.45, 7) is 6.33. The molecular formula is C30H31FN4O3. The number of H-pyrrole nitrogens is 1. The number of carbonyl (C=O) groups excluding carboxylic acids is 3. The number of rotatable bonds is 9. The van der Waals surface area contributed by atoms with Crippen LogP contribution in [0.2, 0.25) is 0 Å². The largest absolute Gasteiger partial charge is 0.345 e. The number of hydrogen-bond donors (Lipinski definition) is 2. The Bertz CT molecular complexity index is 1460. The van der Waals surface area contributed by atoms with Crippen molar-refractivity contribution in [2.75, 3.05) is 13.1 Å². The number of terminal acetylenes is 1. The molecule has 7 nitrogen and oxygen atoms in total. The molecule has 2 heterocycles. The summed E-state index contributed by atoms with van der Waals surface area (Å²) in [4.78, 5) is 40.5. The van der Waals surface area contributed by atoms with E-state index in [1.165, 1.54) is 11.0 Å². The first-order valence-corrected chi connectivity index (χ1v) is 12.6. The quantitative estimate of drug-likeness (QED) is 0.421. The standard InChI is InChI=1S/C30H31FN4O3/c1-5-10-35(17-18(2)3)28(38)15-22-14-21(7-8-24(22)31)30-29(19(4)11-27(37)33-30)26(36)13-20-6-9-25-23(12-20)16-32-34-25/h1,6-9,12,14,16,18,30H,10-11,13,15,17H2,2-4H3,(H,32,34)(H,33,37). The minimum atomic E-state index is -0.742. The third-order valence-corrected chi connectivity index (χ3v) is 6.61. The predicted octanol–water partition coefficient (Wildman–Crippen LogP) is 4.05. The number of aromatic nitrogens is 2. The van der Waals surface area contributed by atoms with Gasteiger partial charge in [0.1, 0.15) is 5.82 Å². The van der Waals surface area contributed by atoms with Gasteiger partial charge in [0.25, 0.3) is 0 Å². The summed E-state index contributed by atoms with van der Waals surface area (Å²) in [5, 5.41) is 10.7. The second kappa shape index (κ2) is 11.4. The fraction of sp³-hybridized carbons (Fsp3) is 0.333. The summed E-state index contributed by atoms with van der Waals surface area (Å²) in [5.41, 5.74) is 3.59. The first-order valence-electron chi connectivity index (χ1n) is 12.6. The van der Waals surface area contributed by atoms with Gasteiger partial charge in [-0.25, -0.2) is 4.39 Å². The molecule has 8 heteroatoms. The van der Waals surface area contributed by atoms with E-state index in [0.29, 0.717) is 23.3 Å². The second-order valence-electron chi connectivity index (χ2n) is 10.2. The fourth-order valence-corrected chi connectivity index (χ4v) is 4.89. The van der Waals surface area contributed by atoms with Crippen LogP contribution in [0, 0.1) is 24.1 Å². The van der Waals surface area contributed by atoms with E-state index in [1.807, 2.05) is 32.0 Å². The minimum absolute atomic E-state index is 0.112. The molecule has 0 fully saturated rings. The molecular weight excluding hydrogens is 483 g/mol. The van der Waals surface area contributed by atoms with Gasteiger partial charge in [-0.05, 0) is 53.8 Å². The van der Waals surface area contributed by atoms with Crippen LogP contribution < -0.4 is 5.32 Å². The number of ketones is 1. The topological polar surface area (TPSA) is 95.2 Å². The predicted molar refractivity (Wildman–Crippen MR) is 143 cm³/mol. The number of fused-ring (bicyclic) bond motifs is 1. The third kappa shape index (κ3) is 6.00. The summed E-state index contributed by atoms with van der Waals surface area (Å²) in [7, 11) is 0. The molecule has 196 valence electrons. The van der Waals surface area contributed by atoms with Crippen LogP contribution in [0.15, 0.2) is 53.7 Å². The maximum atomic E-state index is 14.8. The van der Waals surface area contributed by atoms with Gasteiger partial charge in [-0.2, -0.15) is 5.10 Å². The Kier molecular flexibility index (Phi) is 8.06. The van der Waals surface area contributed by atoms with Crippen molar-refractivity contribution in [2.24, 2.45) is 5.92 Å². The number of benzene rings is 2. The number of hydrogen-bond acceptors (Lipinski definition) is 4. The molecule has 1 aliphatic rings. The van der Waals surface area contributed by atoms with Gasteiger partial charge in [0.15, 0.2) is 5.78 Å². The summed E-state index contributed by atoms with van der Waals surface area (Å²) < 4.78 is 14.8. The number of Topliss-reactive ketones (excluding diaryl/α,β-unsaturated/α-hetero) is 1. The lowest BCUT2D eigenvalue weighted by atomic mass is 9.85. The van der Waals surface area contributed by atoms with Gasteiger partial charge >= 0.3 is 0 Å². The molecule has 0 spiro atoms. The maximum absolute atomic E-state index is 14.8. The summed E-state index contributed by atoms with van der Waals surface area (Å²) in [6, 6.07) is 9.29. The van der Waals surface area contributed by atoms with Crippen LogP contribution in [0.1, 0.15) is 49.9 Å². The van der Waals surface area contributed by atoms with Gasteiger partial charge in [0.05, 0.1) is 30.7 Å². The van der Waals surface area contributed by atoms with Gasteiger partial charge in [0, 0.05) is 30.3 Å². The van der Waals surface area contributed by atoms with E-state index in [9.17, 15) is 18.8 Å². The highest BCUT2D eigenvalue weighted by Crippen LogP contribution is 2.32. The van der Waals surface area contributed by atoms with Crippen LogP contribution in [0.5, 0.6) is 0 Å². The van der Waals surface area contributed by atoms with E-state index in [0.717, 1.165) is 16.5 Å². The molecule has 1 unspecified atom stereocenters. The van der Waals surface area contributed by atoms with Crippen LogP contribution in [-0.4, -0.2) is 45.8 Å². The minimum Gasteiger partial charge on any atom is -0.345 e. The van der Waals surface area contributed by atoms with Gasteiger partial charge < -0.3 is 10.2 Å². The van der Waals surface area contributed by atoms with E-state index >= 15 is 0 Å². The van der Waals surface area contributed by atoms with E-state index in [1.54, 1.807) is 25.3 Å². The van der Waals surface area contributed by atoms with E-state index in [-0.39, 0.29) is 54.9 Å². The molecule has 4 rings (SSSR count). The Morgan fingerprint density at radius 3 is 2.74 bits per heavy atom. The van der Waals surface area contributed by atoms with Crippen LogP contribution >= 0.6 is 0 Å². The smallest absolute Gasteiger partial charge is 0.227 e. The Labute approximate surface area is 221 Å². The van der Waals surface area contributed by atoms with Gasteiger partial charge in [-0.15, -0.1) is 6.42 Å². The number of aromatic amines is 1. The number of nitrogens with one attached hydrogen (secondary N) is 2. The van der Waals surface area contributed by atoms with Crippen molar-refractivity contribution in [1.29, 1.82) is 0 Å². The second-order valence-corrected chi connectivity index (χ2v) is 10.2. The van der Waals surface area contributed by atoms with Crippen molar-refractivity contribution in [1.82, 2.24) is 20.4 Å². The highest BCUT2D eigenvalue weighted by atomic mass is 19.1. The zero-order valence-corrected chi connectivity index (χ0v) is 21.8. The average molecular weight is 515 g/mol. The van der Waals surface area contributed by atoms with E-state index < -0.39 is 11.9 Å². The Hall–Kier alpha value is -4.25. The zero-order chi connectivity index (χ0) is 27.4. The lowest BCUT2D eigenvalue weighted by Gasteiger charge is -2.29. The van der Waals surface area contributed by atoms with Crippen molar-refractivity contribution < 1.29 is 18.8 Å². The van der Waals surface area contributed by atoms with E-state index in [2.05, 4.69) is 21.4 Å². The Morgan fingerprint density at radius 2 is 2.00 bits per heavy atom. The number of amides is 2. The molecule has 0 bridgehead atoms. The Balaban J connectivity index is 1.62. The van der Waals surface area contributed by atoms with Crippen molar-refractivity contribution in [3.05, 3.63) is 76.2 Å². The first-order chi connectivity index (χ1) is 18.2. The monoisotopic (exact) mass is 514 g/mol. The summed E-state index contributed by atoms with van der Waals surface area (Å²) in [5.74, 6) is 1.53. The van der Waals surface area contributed by atoms with Crippen molar-refractivity contribution in [3.8, 4) is 12.3 Å². The number of nitrogens with zero attached hydrogens (tertiary/aromatic N) is 2. The highest BCUT2D eigenvalue weighted by molar-refractivity contribution is 6.02. The molecule has 0 aliphatic carbocycles.